The van der Waals surface area contributed by atoms with Gasteiger partial charge in [-0.1, -0.05) is 60.3 Å². The molecule has 0 aliphatic carbocycles. The van der Waals surface area contributed by atoms with E-state index in [0.29, 0.717) is 0 Å². The lowest BCUT2D eigenvalue weighted by atomic mass is 10.1. The SMILES string of the molecule is CC.O=C1CC(Cl)(CC(Cl)(Cl)Cl)O1. The van der Waals surface area contributed by atoms with Crippen molar-refractivity contribution >= 4 is 52.4 Å². The molecule has 1 atom stereocenters. The number of rotatable bonds is 1. The molecule has 0 N–H and O–H groups in total. The molecule has 0 bridgehead atoms. The summed E-state index contributed by atoms with van der Waals surface area (Å²) in [7, 11) is 0. The van der Waals surface area contributed by atoms with Crippen molar-refractivity contribution in [3.63, 3.8) is 0 Å². The Balaban J connectivity index is 0.000000671. The van der Waals surface area contributed by atoms with E-state index in [-0.39, 0.29) is 18.8 Å². The van der Waals surface area contributed by atoms with E-state index in [9.17, 15) is 4.79 Å². The molecule has 2 nitrogen and oxygen atoms in total. The van der Waals surface area contributed by atoms with Crippen LogP contribution in [0.2, 0.25) is 0 Å². The Labute approximate surface area is 97.4 Å². The lowest BCUT2D eigenvalue weighted by molar-refractivity contribution is -0.176. The van der Waals surface area contributed by atoms with Crippen LogP contribution >= 0.6 is 46.4 Å². The predicted molar refractivity (Wildman–Crippen MR) is 55.5 cm³/mol. The number of halogens is 4. The van der Waals surface area contributed by atoms with E-state index in [1.54, 1.807) is 0 Å². The Morgan fingerprint density at radius 3 is 2.08 bits per heavy atom. The van der Waals surface area contributed by atoms with Crippen molar-refractivity contribution in [1.29, 1.82) is 0 Å². The molecule has 1 saturated heterocycles. The van der Waals surface area contributed by atoms with Gasteiger partial charge in [0.1, 0.15) is 6.42 Å². The minimum absolute atomic E-state index is 0.0119. The van der Waals surface area contributed by atoms with Gasteiger partial charge >= 0.3 is 5.97 Å². The molecular weight excluding hydrogens is 258 g/mol. The Morgan fingerprint density at radius 2 is 1.85 bits per heavy atom. The standard InChI is InChI=1S/C5H4Cl4O2.C2H6/c6-4(1-3(10)11-4)2-5(7,8)9;1-2/h1-2H2;1-2H3. The second kappa shape index (κ2) is 4.92. The average molecular weight is 268 g/mol. The van der Waals surface area contributed by atoms with Crippen LogP contribution in [0.15, 0.2) is 0 Å². The molecule has 0 aromatic carbocycles. The topological polar surface area (TPSA) is 26.3 Å². The number of cyclic esters (lactones) is 1. The van der Waals surface area contributed by atoms with Crippen LogP contribution in [-0.4, -0.2) is 14.8 Å². The molecule has 0 aromatic heterocycles. The number of alkyl halides is 4. The third-order valence-corrected chi connectivity index (χ3v) is 1.91. The smallest absolute Gasteiger partial charge is 0.312 e. The molecule has 0 radical (unpaired) electrons. The van der Waals surface area contributed by atoms with Gasteiger partial charge in [-0.05, 0) is 0 Å². The first-order valence-corrected chi connectivity index (χ1v) is 5.29. The molecule has 0 spiro atoms. The summed E-state index contributed by atoms with van der Waals surface area (Å²) in [6.07, 6.45) is 0.112. The average Bonchev–Trinajstić information content (AvgIpc) is 1.84. The van der Waals surface area contributed by atoms with Gasteiger partial charge in [-0.2, -0.15) is 0 Å². The number of carbonyl (C=O) groups excluding carboxylic acids is 1. The first-order chi connectivity index (χ1) is 5.81. The van der Waals surface area contributed by atoms with E-state index < -0.39 is 8.85 Å². The highest BCUT2D eigenvalue weighted by atomic mass is 35.6. The van der Waals surface area contributed by atoms with E-state index in [1.807, 2.05) is 13.8 Å². The molecule has 0 amide bonds. The summed E-state index contributed by atoms with van der Waals surface area (Å²) in [6, 6.07) is 0. The fraction of sp³-hybridized carbons (Fsp3) is 0.857. The Kier molecular flexibility index (Phi) is 5.16. The Hall–Kier alpha value is 0.630. The van der Waals surface area contributed by atoms with Crippen molar-refractivity contribution in [2.75, 3.05) is 0 Å². The van der Waals surface area contributed by atoms with Crippen molar-refractivity contribution in [2.24, 2.45) is 0 Å². The van der Waals surface area contributed by atoms with Gasteiger partial charge in [0.2, 0.25) is 0 Å². The van der Waals surface area contributed by atoms with Gasteiger partial charge in [-0.15, -0.1) is 0 Å². The van der Waals surface area contributed by atoms with Crippen molar-refractivity contribution in [1.82, 2.24) is 0 Å². The number of esters is 1. The van der Waals surface area contributed by atoms with Gasteiger partial charge < -0.3 is 4.74 Å². The molecule has 1 unspecified atom stereocenters. The summed E-state index contributed by atoms with van der Waals surface area (Å²) in [5.41, 5.74) is 0. The highest BCUT2D eigenvalue weighted by Crippen LogP contribution is 2.44. The quantitative estimate of drug-likeness (QED) is 0.536. The molecule has 0 aromatic rings. The fourth-order valence-corrected chi connectivity index (χ4v) is 2.06. The van der Waals surface area contributed by atoms with Crippen LogP contribution in [0.1, 0.15) is 26.7 Å². The number of ether oxygens (including phenoxy) is 1. The van der Waals surface area contributed by atoms with Crippen molar-refractivity contribution in [2.45, 2.75) is 35.5 Å². The molecule has 78 valence electrons. The van der Waals surface area contributed by atoms with E-state index in [4.69, 9.17) is 46.4 Å². The van der Waals surface area contributed by atoms with Crippen LogP contribution in [0, 0.1) is 0 Å². The third kappa shape index (κ3) is 5.16. The normalized spacial score (nSPS) is 26.8. The maximum Gasteiger partial charge on any atom is 0.312 e. The molecule has 1 heterocycles. The molecule has 1 rings (SSSR count). The van der Waals surface area contributed by atoms with Crippen LogP contribution in [-0.2, 0) is 9.53 Å². The zero-order chi connectivity index (χ0) is 10.7. The molecule has 0 saturated carbocycles. The first-order valence-electron chi connectivity index (χ1n) is 3.78. The maximum absolute atomic E-state index is 10.4. The Bertz CT molecular complexity index is 179. The third-order valence-electron chi connectivity index (χ3n) is 1.17. The van der Waals surface area contributed by atoms with Crippen molar-refractivity contribution in [3.8, 4) is 0 Å². The zero-order valence-electron chi connectivity index (χ0n) is 7.24. The second-order valence-electron chi connectivity index (χ2n) is 2.33. The van der Waals surface area contributed by atoms with Crippen LogP contribution in [0.3, 0.4) is 0 Å². The lowest BCUT2D eigenvalue weighted by Crippen LogP contribution is -2.45. The van der Waals surface area contributed by atoms with Crippen LogP contribution < -0.4 is 0 Å². The Morgan fingerprint density at radius 1 is 1.46 bits per heavy atom. The molecule has 13 heavy (non-hydrogen) atoms. The molecular formula is C7H10Cl4O2. The largest absolute Gasteiger partial charge is 0.442 e. The van der Waals surface area contributed by atoms with Crippen LogP contribution in [0.4, 0.5) is 0 Å². The number of hydrogen-bond acceptors (Lipinski definition) is 2. The number of carbonyl (C=O) groups is 1. The van der Waals surface area contributed by atoms with Crippen LogP contribution in [0.5, 0.6) is 0 Å². The highest BCUT2D eigenvalue weighted by molar-refractivity contribution is 6.67. The van der Waals surface area contributed by atoms with Gasteiger partial charge in [-0.3, -0.25) is 4.79 Å². The minimum Gasteiger partial charge on any atom is -0.442 e. The summed E-state index contributed by atoms with van der Waals surface area (Å²) in [5, 5.41) is -1.09. The first kappa shape index (κ1) is 13.6. The van der Waals surface area contributed by atoms with Gasteiger partial charge in [0.25, 0.3) is 0 Å². The molecule has 1 fully saturated rings. The minimum atomic E-state index is -1.47. The van der Waals surface area contributed by atoms with E-state index in [0.717, 1.165) is 0 Å². The number of hydrogen-bond donors (Lipinski definition) is 0. The second-order valence-corrected chi connectivity index (χ2v) is 5.53. The monoisotopic (exact) mass is 266 g/mol. The van der Waals surface area contributed by atoms with Crippen molar-refractivity contribution < 1.29 is 9.53 Å². The maximum atomic E-state index is 10.4. The van der Waals surface area contributed by atoms with E-state index in [1.165, 1.54) is 0 Å². The zero-order valence-corrected chi connectivity index (χ0v) is 10.3. The lowest BCUT2D eigenvalue weighted by Gasteiger charge is -2.36. The summed E-state index contributed by atoms with van der Waals surface area (Å²) in [6.45, 7) is 4.00. The predicted octanol–water partition coefficient (Wildman–Crippen LogP) is 3.65. The summed E-state index contributed by atoms with van der Waals surface area (Å²) in [4.78, 5) is 10.4. The van der Waals surface area contributed by atoms with Gasteiger partial charge in [0.05, 0.1) is 0 Å². The van der Waals surface area contributed by atoms with Gasteiger partial charge in [0, 0.05) is 6.42 Å². The summed E-state index contributed by atoms with van der Waals surface area (Å²) >= 11 is 22.0. The van der Waals surface area contributed by atoms with E-state index >= 15 is 0 Å². The summed E-state index contributed by atoms with van der Waals surface area (Å²) in [5.74, 6) is -0.366. The van der Waals surface area contributed by atoms with Gasteiger partial charge in [0.15, 0.2) is 8.85 Å². The summed E-state index contributed by atoms with van der Waals surface area (Å²) < 4.78 is 3.11. The van der Waals surface area contributed by atoms with Crippen LogP contribution in [0.25, 0.3) is 0 Å². The van der Waals surface area contributed by atoms with Gasteiger partial charge in [-0.25, -0.2) is 0 Å². The molecule has 1 aliphatic rings. The molecule has 1 aliphatic heterocycles. The fourth-order valence-electron chi connectivity index (χ4n) is 0.809. The molecule has 6 heteroatoms. The highest BCUT2D eigenvalue weighted by Gasteiger charge is 2.49. The van der Waals surface area contributed by atoms with Crippen molar-refractivity contribution in [3.05, 3.63) is 0 Å². The van der Waals surface area contributed by atoms with E-state index in [2.05, 4.69) is 4.74 Å².